The van der Waals surface area contributed by atoms with E-state index in [-0.39, 0.29) is 0 Å². The fourth-order valence-corrected chi connectivity index (χ4v) is 2.71. The summed E-state index contributed by atoms with van der Waals surface area (Å²) in [5.74, 6) is 0. The van der Waals surface area contributed by atoms with Gasteiger partial charge >= 0.3 is 0 Å². The topological polar surface area (TPSA) is 24.9 Å². The van der Waals surface area contributed by atoms with Crippen LogP contribution in [0.5, 0.6) is 0 Å². The molecule has 15 heavy (non-hydrogen) atoms. The first-order valence-corrected chi connectivity index (χ1v) is 6.38. The quantitative estimate of drug-likeness (QED) is 0.795. The maximum atomic E-state index is 4.53. The highest BCUT2D eigenvalue weighted by molar-refractivity contribution is 7.11. The lowest BCUT2D eigenvalue weighted by molar-refractivity contribution is 0.473. The van der Waals surface area contributed by atoms with Crippen LogP contribution >= 0.6 is 11.3 Å². The summed E-state index contributed by atoms with van der Waals surface area (Å²) in [7, 11) is 0. The number of nitrogens with one attached hydrogen (secondary N) is 1. The van der Waals surface area contributed by atoms with Gasteiger partial charge in [-0.2, -0.15) is 0 Å². The smallest absolute Gasteiger partial charge is 0.107 e. The Kier molecular flexibility index (Phi) is 3.54. The van der Waals surface area contributed by atoms with Crippen molar-refractivity contribution in [3.63, 3.8) is 0 Å². The molecular formula is C12H18N2S. The van der Waals surface area contributed by atoms with E-state index in [4.69, 9.17) is 0 Å². The first-order chi connectivity index (χ1) is 7.25. The second-order valence-electron chi connectivity index (χ2n) is 4.11. The van der Waals surface area contributed by atoms with Gasteiger partial charge < -0.3 is 5.32 Å². The summed E-state index contributed by atoms with van der Waals surface area (Å²) in [6, 6.07) is 0.652. The third-order valence-electron chi connectivity index (χ3n) is 2.88. The molecule has 1 unspecified atom stereocenters. The van der Waals surface area contributed by atoms with Crippen LogP contribution in [0.1, 0.15) is 34.8 Å². The largest absolute Gasteiger partial charge is 0.307 e. The molecule has 1 aromatic rings. The van der Waals surface area contributed by atoms with Crippen molar-refractivity contribution in [3.8, 4) is 0 Å². The third kappa shape index (κ3) is 2.89. The van der Waals surface area contributed by atoms with Crippen molar-refractivity contribution in [3.05, 3.63) is 27.7 Å². The monoisotopic (exact) mass is 222 g/mol. The van der Waals surface area contributed by atoms with Crippen LogP contribution in [0, 0.1) is 13.8 Å². The molecule has 1 heterocycles. The van der Waals surface area contributed by atoms with Gasteiger partial charge in [-0.15, -0.1) is 11.3 Å². The number of rotatable bonds is 3. The van der Waals surface area contributed by atoms with E-state index in [1.54, 1.807) is 0 Å². The Bertz CT molecular complexity index is 335. The minimum atomic E-state index is 0.652. The Morgan fingerprint density at radius 2 is 2.33 bits per heavy atom. The maximum absolute atomic E-state index is 4.53. The molecule has 2 rings (SSSR count). The predicted molar refractivity (Wildman–Crippen MR) is 65.2 cm³/mol. The minimum absolute atomic E-state index is 0.652. The van der Waals surface area contributed by atoms with E-state index in [0.717, 1.165) is 6.54 Å². The number of hydrogen-bond acceptors (Lipinski definition) is 3. The lowest BCUT2D eigenvalue weighted by Crippen LogP contribution is -2.29. The zero-order valence-corrected chi connectivity index (χ0v) is 10.2. The highest BCUT2D eigenvalue weighted by atomic mass is 32.1. The molecule has 0 saturated carbocycles. The van der Waals surface area contributed by atoms with Gasteiger partial charge in [0.1, 0.15) is 5.01 Å². The van der Waals surface area contributed by atoms with Crippen LogP contribution in [0.4, 0.5) is 0 Å². The third-order valence-corrected chi connectivity index (χ3v) is 3.96. The Morgan fingerprint density at radius 1 is 1.47 bits per heavy atom. The molecule has 0 spiro atoms. The van der Waals surface area contributed by atoms with Crippen molar-refractivity contribution in [2.75, 3.05) is 0 Å². The van der Waals surface area contributed by atoms with Gasteiger partial charge in [0.25, 0.3) is 0 Å². The molecule has 0 fully saturated rings. The van der Waals surface area contributed by atoms with Gasteiger partial charge in [0.05, 0.1) is 5.69 Å². The molecule has 1 aromatic heterocycles. The molecule has 0 aromatic carbocycles. The van der Waals surface area contributed by atoms with Crippen molar-refractivity contribution in [1.29, 1.82) is 0 Å². The van der Waals surface area contributed by atoms with E-state index in [1.165, 1.54) is 34.8 Å². The number of allylic oxidation sites excluding steroid dienone is 1. The molecule has 0 bridgehead atoms. The van der Waals surface area contributed by atoms with E-state index in [0.29, 0.717) is 6.04 Å². The summed E-state index contributed by atoms with van der Waals surface area (Å²) in [5, 5.41) is 4.80. The zero-order chi connectivity index (χ0) is 10.7. The molecule has 1 atom stereocenters. The van der Waals surface area contributed by atoms with E-state index >= 15 is 0 Å². The zero-order valence-electron chi connectivity index (χ0n) is 9.42. The van der Waals surface area contributed by atoms with Crippen molar-refractivity contribution in [2.24, 2.45) is 0 Å². The Morgan fingerprint density at radius 3 is 2.93 bits per heavy atom. The number of hydrogen-bond donors (Lipinski definition) is 1. The van der Waals surface area contributed by atoms with E-state index < -0.39 is 0 Å². The van der Waals surface area contributed by atoms with E-state index in [1.807, 2.05) is 11.3 Å². The lowest BCUT2D eigenvalue weighted by Gasteiger charge is -2.18. The Hall–Kier alpha value is -0.670. The molecule has 0 radical (unpaired) electrons. The SMILES string of the molecule is Cc1nc(CNC2CC=CCC2)sc1C. The summed E-state index contributed by atoms with van der Waals surface area (Å²) < 4.78 is 0. The molecule has 1 aliphatic carbocycles. The van der Waals surface area contributed by atoms with Crippen molar-refractivity contribution < 1.29 is 0 Å². The highest BCUT2D eigenvalue weighted by Gasteiger charge is 2.10. The number of thiazole rings is 1. The van der Waals surface area contributed by atoms with Gasteiger partial charge in [0, 0.05) is 17.5 Å². The van der Waals surface area contributed by atoms with Crippen LogP contribution in [0.3, 0.4) is 0 Å². The van der Waals surface area contributed by atoms with Gasteiger partial charge in [-0.1, -0.05) is 12.2 Å². The summed E-state index contributed by atoms with van der Waals surface area (Å²) in [4.78, 5) is 5.88. The van der Waals surface area contributed by atoms with Crippen LogP contribution in [0.2, 0.25) is 0 Å². The van der Waals surface area contributed by atoms with Gasteiger partial charge in [0.15, 0.2) is 0 Å². The fourth-order valence-electron chi connectivity index (χ4n) is 1.83. The molecule has 0 amide bonds. The van der Waals surface area contributed by atoms with Gasteiger partial charge in [0.2, 0.25) is 0 Å². The van der Waals surface area contributed by atoms with Crippen LogP contribution in [0.15, 0.2) is 12.2 Å². The first kappa shape index (κ1) is 10.8. The summed E-state index contributed by atoms with van der Waals surface area (Å²) in [5.41, 5.74) is 1.18. The molecule has 82 valence electrons. The standard InChI is InChI=1S/C12H18N2S/c1-9-10(2)15-12(14-9)8-13-11-6-4-3-5-7-11/h3-4,11,13H,5-8H2,1-2H3. The molecule has 2 nitrogen and oxygen atoms in total. The summed E-state index contributed by atoms with van der Waals surface area (Å²) in [6.07, 6.45) is 8.20. The highest BCUT2D eigenvalue weighted by Crippen LogP contribution is 2.17. The molecule has 0 aliphatic heterocycles. The number of aromatic nitrogens is 1. The number of nitrogens with zero attached hydrogens (tertiary/aromatic N) is 1. The second-order valence-corrected chi connectivity index (χ2v) is 5.40. The number of aryl methyl sites for hydroxylation is 2. The van der Waals surface area contributed by atoms with Crippen molar-refractivity contribution in [1.82, 2.24) is 10.3 Å². The van der Waals surface area contributed by atoms with Gasteiger partial charge in [-0.25, -0.2) is 4.98 Å². The maximum Gasteiger partial charge on any atom is 0.107 e. The predicted octanol–water partition coefficient (Wildman–Crippen LogP) is 2.96. The Labute approximate surface area is 95.4 Å². The normalized spacial score (nSPS) is 20.8. The molecule has 0 saturated heterocycles. The van der Waals surface area contributed by atoms with E-state index in [2.05, 4.69) is 36.3 Å². The molecular weight excluding hydrogens is 204 g/mol. The fraction of sp³-hybridized carbons (Fsp3) is 0.583. The first-order valence-electron chi connectivity index (χ1n) is 5.57. The molecule has 1 N–H and O–H groups in total. The summed E-state index contributed by atoms with van der Waals surface area (Å²) in [6.45, 7) is 5.15. The van der Waals surface area contributed by atoms with Crippen LogP contribution in [-0.2, 0) is 6.54 Å². The van der Waals surface area contributed by atoms with E-state index in [9.17, 15) is 0 Å². The second kappa shape index (κ2) is 4.90. The van der Waals surface area contributed by atoms with Crippen molar-refractivity contribution >= 4 is 11.3 Å². The average molecular weight is 222 g/mol. The van der Waals surface area contributed by atoms with Gasteiger partial charge in [-0.3, -0.25) is 0 Å². The van der Waals surface area contributed by atoms with Crippen LogP contribution in [0.25, 0.3) is 0 Å². The van der Waals surface area contributed by atoms with Gasteiger partial charge in [-0.05, 0) is 33.1 Å². The Balaban J connectivity index is 1.84. The lowest BCUT2D eigenvalue weighted by atomic mass is 10.0. The molecule has 1 aliphatic rings. The minimum Gasteiger partial charge on any atom is -0.307 e. The van der Waals surface area contributed by atoms with Crippen molar-refractivity contribution in [2.45, 2.75) is 45.7 Å². The average Bonchev–Trinajstić information content (AvgIpc) is 2.57. The van der Waals surface area contributed by atoms with Crippen LogP contribution in [-0.4, -0.2) is 11.0 Å². The van der Waals surface area contributed by atoms with Crippen LogP contribution < -0.4 is 5.32 Å². The summed E-state index contributed by atoms with van der Waals surface area (Å²) >= 11 is 1.81. The molecule has 3 heteroatoms.